The zero-order valence-corrected chi connectivity index (χ0v) is 14.3. The van der Waals surface area contributed by atoms with Crippen molar-refractivity contribution in [2.45, 2.75) is 32.2 Å². The number of aryl methyl sites for hydroxylation is 1. The van der Waals surface area contributed by atoms with E-state index >= 15 is 0 Å². The van der Waals surface area contributed by atoms with Gasteiger partial charge in [0.2, 0.25) is 10.8 Å². The molecular formula is C17H20FN4OS+. The van der Waals surface area contributed by atoms with Gasteiger partial charge < -0.3 is 10.0 Å². The third kappa shape index (κ3) is 2.67. The van der Waals surface area contributed by atoms with E-state index in [4.69, 9.17) is 0 Å². The zero-order valence-electron chi connectivity index (χ0n) is 13.5. The van der Waals surface area contributed by atoms with Crippen LogP contribution < -0.4 is 4.90 Å². The molecule has 1 aliphatic heterocycles. The summed E-state index contributed by atoms with van der Waals surface area (Å²) in [6, 6.07) is 6.61. The Hall–Kier alpha value is -1.99. The molecule has 0 saturated carbocycles. The molecule has 3 heterocycles. The van der Waals surface area contributed by atoms with E-state index in [0.29, 0.717) is 10.8 Å². The minimum atomic E-state index is -0.242. The van der Waals surface area contributed by atoms with Crippen LogP contribution in [0.3, 0.4) is 0 Å². The Morgan fingerprint density at radius 2 is 1.92 bits per heavy atom. The number of nitrogens with one attached hydrogen (secondary N) is 1. The summed E-state index contributed by atoms with van der Waals surface area (Å²) >= 11 is 1.47. The Morgan fingerprint density at radius 1 is 1.21 bits per heavy atom. The molecular weight excluding hydrogens is 327 g/mol. The molecule has 7 heteroatoms. The van der Waals surface area contributed by atoms with Gasteiger partial charge in [-0.2, -0.15) is 4.52 Å². The van der Waals surface area contributed by atoms with Gasteiger partial charge in [-0.3, -0.25) is 0 Å². The van der Waals surface area contributed by atoms with E-state index in [-0.39, 0.29) is 17.7 Å². The molecule has 0 amide bonds. The van der Waals surface area contributed by atoms with Gasteiger partial charge in [0.05, 0.1) is 13.1 Å². The van der Waals surface area contributed by atoms with Crippen molar-refractivity contribution in [2.24, 2.45) is 0 Å². The number of halogens is 1. The molecule has 2 aromatic heterocycles. The van der Waals surface area contributed by atoms with Crippen LogP contribution in [0.2, 0.25) is 0 Å². The smallest absolute Gasteiger partial charge is 0.235 e. The minimum absolute atomic E-state index is 0.0142. The fourth-order valence-electron chi connectivity index (χ4n) is 3.56. The van der Waals surface area contributed by atoms with Crippen LogP contribution in [-0.2, 0) is 0 Å². The number of hydrogen-bond acceptors (Lipinski definition) is 4. The van der Waals surface area contributed by atoms with E-state index in [1.54, 1.807) is 0 Å². The van der Waals surface area contributed by atoms with Crippen molar-refractivity contribution in [3.8, 4) is 5.88 Å². The molecule has 4 rings (SSSR count). The molecule has 0 aliphatic carbocycles. The van der Waals surface area contributed by atoms with Crippen LogP contribution >= 0.6 is 11.3 Å². The number of nitrogens with zero attached hydrogens (tertiary/aromatic N) is 3. The van der Waals surface area contributed by atoms with Crippen molar-refractivity contribution >= 4 is 16.3 Å². The summed E-state index contributed by atoms with van der Waals surface area (Å²) in [6.07, 6.45) is 3.60. The molecule has 1 aromatic carbocycles. The number of piperidine rings is 1. The van der Waals surface area contributed by atoms with Crippen LogP contribution in [0.5, 0.6) is 5.88 Å². The standard InChI is InChI=1S/C17H19FN4OS/c1-11-19-17-22(20-11)16(23)15(24-17)14(21-9-3-2-4-10-21)12-5-7-13(18)8-6-12/h5-8,14,23H,2-4,9-10H2,1H3/p+1/t14-/m1/s1. The Bertz CT molecular complexity index is 851. The molecule has 1 aliphatic rings. The van der Waals surface area contributed by atoms with E-state index in [2.05, 4.69) is 10.1 Å². The number of thiazole rings is 1. The van der Waals surface area contributed by atoms with Gasteiger partial charge in [0, 0.05) is 5.56 Å². The predicted octanol–water partition coefficient (Wildman–Crippen LogP) is 2.10. The Kier molecular flexibility index (Phi) is 3.97. The van der Waals surface area contributed by atoms with Crippen LogP contribution in [0.1, 0.15) is 41.6 Å². The van der Waals surface area contributed by atoms with Crippen LogP contribution in [0, 0.1) is 12.7 Å². The van der Waals surface area contributed by atoms with E-state index in [0.717, 1.165) is 23.5 Å². The first-order valence-corrected chi connectivity index (χ1v) is 9.10. The fraction of sp³-hybridized carbons (Fsp3) is 0.412. The topological polar surface area (TPSA) is 54.9 Å². The monoisotopic (exact) mass is 347 g/mol. The molecule has 5 nitrogen and oxygen atoms in total. The number of aromatic hydroxyl groups is 1. The SMILES string of the molecule is Cc1nc2sc([C@@H](c3ccc(F)cc3)[NH+]3CCCCC3)c(O)n2n1. The van der Waals surface area contributed by atoms with Gasteiger partial charge in [-0.1, -0.05) is 11.3 Å². The quantitative estimate of drug-likeness (QED) is 0.763. The van der Waals surface area contributed by atoms with Crippen molar-refractivity contribution in [1.29, 1.82) is 0 Å². The van der Waals surface area contributed by atoms with E-state index in [1.807, 2.05) is 19.1 Å². The second-order valence-corrected chi connectivity index (χ2v) is 7.36. The molecule has 3 aromatic rings. The van der Waals surface area contributed by atoms with Crippen molar-refractivity contribution in [3.05, 3.63) is 46.3 Å². The van der Waals surface area contributed by atoms with E-state index in [1.165, 1.54) is 52.1 Å². The van der Waals surface area contributed by atoms with Gasteiger partial charge >= 0.3 is 0 Å². The highest BCUT2D eigenvalue weighted by molar-refractivity contribution is 7.17. The number of likely N-dealkylation sites (tertiary alicyclic amines) is 1. The van der Waals surface area contributed by atoms with E-state index in [9.17, 15) is 9.50 Å². The van der Waals surface area contributed by atoms with Crippen LogP contribution in [0.15, 0.2) is 24.3 Å². The maximum absolute atomic E-state index is 13.4. The number of quaternary nitrogens is 1. The largest absolute Gasteiger partial charge is 0.492 e. The average molecular weight is 347 g/mol. The third-order valence-corrected chi connectivity index (χ3v) is 5.76. The van der Waals surface area contributed by atoms with Crippen molar-refractivity contribution in [2.75, 3.05) is 13.1 Å². The highest BCUT2D eigenvalue weighted by Crippen LogP contribution is 2.35. The number of rotatable bonds is 3. The second-order valence-electron chi connectivity index (χ2n) is 6.35. The molecule has 0 radical (unpaired) electrons. The molecule has 126 valence electrons. The van der Waals surface area contributed by atoms with Crippen molar-refractivity contribution < 1.29 is 14.4 Å². The first kappa shape index (κ1) is 15.5. The molecule has 0 bridgehead atoms. The predicted molar refractivity (Wildman–Crippen MR) is 90.1 cm³/mol. The summed E-state index contributed by atoms with van der Waals surface area (Å²) in [7, 11) is 0. The third-order valence-electron chi connectivity index (χ3n) is 4.68. The lowest BCUT2D eigenvalue weighted by Gasteiger charge is -2.31. The summed E-state index contributed by atoms with van der Waals surface area (Å²) < 4.78 is 14.9. The average Bonchev–Trinajstić information content (AvgIpc) is 3.09. The van der Waals surface area contributed by atoms with Crippen LogP contribution in [0.4, 0.5) is 4.39 Å². The maximum Gasteiger partial charge on any atom is 0.235 e. The molecule has 1 atom stereocenters. The second kappa shape index (κ2) is 6.14. The highest BCUT2D eigenvalue weighted by Gasteiger charge is 2.33. The van der Waals surface area contributed by atoms with Gasteiger partial charge in [-0.25, -0.2) is 9.37 Å². The van der Waals surface area contributed by atoms with Crippen molar-refractivity contribution in [1.82, 2.24) is 14.6 Å². The molecule has 24 heavy (non-hydrogen) atoms. The normalized spacial score (nSPS) is 17.4. The number of aromatic nitrogens is 3. The Balaban J connectivity index is 1.82. The highest BCUT2D eigenvalue weighted by atomic mass is 32.1. The van der Waals surface area contributed by atoms with Crippen LogP contribution in [-0.4, -0.2) is 32.8 Å². The lowest BCUT2D eigenvalue weighted by Crippen LogP contribution is -3.13. The molecule has 2 N–H and O–H groups in total. The maximum atomic E-state index is 13.4. The molecule has 1 saturated heterocycles. The van der Waals surface area contributed by atoms with E-state index < -0.39 is 0 Å². The summed E-state index contributed by atoms with van der Waals surface area (Å²) in [4.78, 5) is 7.33. The van der Waals surface area contributed by atoms with Gasteiger partial charge in [-0.15, -0.1) is 5.10 Å². The Morgan fingerprint density at radius 3 is 2.58 bits per heavy atom. The van der Waals surface area contributed by atoms with Gasteiger partial charge in [0.1, 0.15) is 16.5 Å². The Labute approximate surface area is 143 Å². The number of fused-ring (bicyclic) bond motifs is 1. The van der Waals surface area contributed by atoms with Gasteiger partial charge in [-0.05, 0) is 50.5 Å². The molecule has 0 spiro atoms. The molecule has 0 unspecified atom stereocenters. The summed E-state index contributed by atoms with van der Waals surface area (Å²) in [5.74, 6) is 0.559. The van der Waals surface area contributed by atoms with Gasteiger partial charge in [0.15, 0.2) is 6.04 Å². The lowest BCUT2D eigenvalue weighted by molar-refractivity contribution is -0.929. The summed E-state index contributed by atoms with van der Waals surface area (Å²) in [5, 5.41) is 15.0. The first-order valence-electron chi connectivity index (χ1n) is 8.28. The van der Waals surface area contributed by atoms with Crippen molar-refractivity contribution in [3.63, 3.8) is 0 Å². The van der Waals surface area contributed by atoms with Crippen LogP contribution in [0.25, 0.3) is 4.96 Å². The fourth-order valence-corrected chi connectivity index (χ4v) is 4.74. The van der Waals surface area contributed by atoms with Gasteiger partial charge in [0.25, 0.3) is 0 Å². The summed E-state index contributed by atoms with van der Waals surface area (Å²) in [6.45, 7) is 3.91. The zero-order chi connectivity index (χ0) is 16.7. The lowest BCUT2D eigenvalue weighted by atomic mass is 10.0. The first-order chi connectivity index (χ1) is 11.6. The number of hydrogen-bond donors (Lipinski definition) is 2. The minimum Gasteiger partial charge on any atom is -0.492 e. The number of benzene rings is 1. The summed E-state index contributed by atoms with van der Waals surface area (Å²) in [5.41, 5.74) is 1.02. The molecule has 1 fully saturated rings.